The maximum Gasteiger partial charge on any atom is 0.284 e. The van der Waals surface area contributed by atoms with Gasteiger partial charge in [0.25, 0.3) is 5.91 Å². The summed E-state index contributed by atoms with van der Waals surface area (Å²) in [4.78, 5) is 12.7. The number of halogens is 1. The van der Waals surface area contributed by atoms with E-state index in [0.717, 1.165) is 28.7 Å². The lowest BCUT2D eigenvalue weighted by molar-refractivity contribution is 0.0817. The number of rotatable bonds is 10. The molecule has 0 bridgehead atoms. The number of carbonyl (C=O) groups excluding carboxylic acids is 1. The van der Waals surface area contributed by atoms with Gasteiger partial charge in [0.2, 0.25) is 0 Å². The summed E-state index contributed by atoms with van der Waals surface area (Å²) in [6.07, 6.45) is 7.18. The highest BCUT2D eigenvalue weighted by molar-refractivity contribution is 9.10. The van der Waals surface area contributed by atoms with Crippen molar-refractivity contribution in [2.24, 2.45) is 0 Å². The quantitative estimate of drug-likeness (QED) is 0.383. The lowest BCUT2D eigenvalue weighted by Crippen LogP contribution is -2.22. The largest absolute Gasteiger partial charge is 0.483 e. The summed E-state index contributed by atoms with van der Waals surface area (Å²) in [5, 5.41) is 4.47. The molecule has 28 heavy (non-hydrogen) atoms. The van der Waals surface area contributed by atoms with Gasteiger partial charge in [0.1, 0.15) is 5.75 Å². The molecule has 0 atom stereocenters. The van der Waals surface area contributed by atoms with Crippen LogP contribution < -0.4 is 4.74 Å². The van der Waals surface area contributed by atoms with E-state index in [1.165, 1.54) is 41.5 Å². The summed E-state index contributed by atoms with van der Waals surface area (Å²) >= 11 is 3.54. The third-order valence-electron chi connectivity index (χ3n) is 5.18. The van der Waals surface area contributed by atoms with E-state index in [0.29, 0.717) is 11.7 Å². The highest BCUT2D eigenvalue weighted by Crippen LogP contribution is 2.29. The van der Waals surface area contributed by atoms with Gasteiger partial charge in [0, 0.05) is 5.69 Å². The molecular formula is C23H33BrN2O2. The predicted molar refractivity (Wildman–Crippen MR) is 119 cm³/mol. The van der Waals surface area contributed by atoms with Crippen molar-refractivity contribution in [1.29, 1.82) is 0 Å². The SMILES string of the molecule is CCCCCCCc1c(C)nn(C(=O)COc2ccc(C(C)C)cc2Br)c1C. The molecule has 0 aliphatic heterocycles. The van der Waals surface area contributed by atoms with Crippen LogP contribution in [0, 0.1) is 13.8 Å². The summed E-state index contributed by atoms with van der Waals surface area (Å²) in [7, 11) is 0. The summed E-state index contributed by atoms with van der Waals surface area (Å²) in [6.45, 7) is 10.5. The molecule has 0 aliphatic carbocycles. The number of hydrogen-bond acceptors (Lipinski definition) is 3. The number of hydrogen-bond donors (Lipinski definition) is 0. The monoisotopic (exact) mass is 448 g/mol. The summed E-state index contributed by atoms with van der Waals surface area (Å²) in [5.41, 5.74) is 4.32. The summed E-state index contributed by atoms with van der Waals surface area (Å²) in [6, 6.07) is 6.00. The van der Waals surface area contributed by atoms with Gasteiger partial charge in [-0.1, -0.05) is 52.5 Å². The van der Waals surface area contributed by atoms with E-state index < -0.39 is 0 Å². The molecule has 0 aliphatic rings. The van der Waals surface area contributed by atoms with Crippen LogP contribution in [0.25, 0.3) is 0 Å². The predicted octanol–water partition coefficient (Wildman–Crippen LogP) is 6.62. The molecule has 5 heteroatoms. The van der Waals surface area contributed by atoms with E-state index in [1.807, 2.05) is 32.0 Å². The van der Waals surface area contributed by atoms with Crippen LogP contribution in [0.4, 0.5) is 0 Å². The number of benzene rings is 1. The van der Waals surface area contributed by atoms with E-state index in [1.54, 1.807) is 0 Å². The normalized spacial score (nSPS) is 11.2. The van der Waals surface area contributed by atoms with E-state index in [2.05, 4.69) is 41.8 Å². The average Bonchev–Trinajstić information content (AvgIpc) is 2.94. The van der Waals surface area contributed by atoms with Crippen LogP contribution in [-0.4, -0.2) is 22.3 Å². The first-order chi connectivity index (χ1) is 13.3. The molecule has 0 saturated carbocycles. The molecule has 0 amide bonds. The Bertz CT molecular complexity index is 796. The number of aryl methyl sites for hydroxylation is 1. The minimum Gasteiger partial charge on any atom is -0.483 e. The number of unbranched alkanes of at least 4 members (excludes halogenated alkanes) is 4. The molecule has 4 nitrogen and oxygen atoms in total. The molecule has 2 rings (SSSR count). The molecule has 0 unspecified atom stereocenters. The molecular weight excluding hydrogens is 416 g/mol. The second kappa shape index (κ2) is 10.8. The highest BCUT2D eigenvalue weighted by Gasteiger charge is 2.17. The molecule has 0 N–H and O–H groups in total. The summed E-state index contributed by atoms with van der Waals surface area (Å²) in [5.74, 6) is 0.982. The van der Waals surface area contributed by atoms with E-state index in [9.17, 15) is 4.79 Å². The van der Waals surface area contributed by atoms with Crippen LogP contribution in [0.3, 0.4) is 0 Å². The third kappa shape index (κ3) is 5.94. The Balaban J connectivity index is 1.98. The van der Waals surface area contributed by atoms with Crippen molar-refractivity contribution in [2.75, 3.05) is 6.61 Å². The average molecular weight is 449 g/mol. The van der Waals surface area contributed by atoms with Gasteiger partial charge >= 0.3 is 0 Å². The van der Waals surface area contributed by atoms with Crippen molar-refractivity contribution in [1.82, 2.24) is 9.78 Å². The maximum absolute atomic E-state index is 12.7. The standard InChI is InChI=1S/C23H33BrN2O2/c1-6-7-8-9-10-11-20-17(4)25-26(18(20)5)23(27)15-28-22-13-12-19(16(2)3)14-21(22)24/h12-14,16H,6-11,15H2,1-5H3. The zero-order chi connectivity index (χ0) is 20.7. The smallest absolute Gasteiger partial charge is 0.284 e. The molecule has 0 fully saturated rings. The van der Waals surface area contributed by atoms with E-state index in [-0.39, 0.29) is 12.5 Å². The van der Waals surface area contributed by atoms with Crippen LogP contribution in [-0.2, 0) is 6.42 Å². The Morgan fingerprint density at radius 3 is 2.54 bits per heavy atom. The topological polar surface area (TPSA) is 44.1 Å². The molecule has 2 aromatic rings. The van der Waals surface area contributed by atoms with Crippen LogP contribution in [0.1, 0.15) is 86.1 Å². The van der Waals surface area contributed by atoms with Gasteiger partial charge in [0.15, 0.2) is 6.61 Å². The second-order valence-electron chi connectivity index (χ2n) is 7.75. The van der Waals surface area contributed by atoms with Crippen molar-refractivity contribution >= 4 is 21.8 Å². The number of carbonyl (C=O) groups is 1. The van der Waals surface area contributed by atoms with Gasteiger partial charge in [-0.2, -0.15) is 5.10 Å². The van der Waals surface area contributed by atoms with Crippen molar-refractivity contribution in [2.45, 2.75) is 79.1 Å². The first-order valence-corrected chi connectivity index (χ1v) is 11.1. The molecule has 0 saturated heterocycles. The molecule has 0 spiro atoms. The van der Waals surface area contributed by atoms with Gasteiger partial charge in [-0.25, -0.2) is 4.68 Å². The van der Waals surface area contributed by atoms with Gasteiger partial charge in [-0.05, 0) is 71.8 Å². The fourth-order valence-corrected chi connectivity index (χ4v) is 3.89. The molecule has 1 heterocycles. The van der Waals surface area contributed by atoms with E-state index >= 15 is 0 Å². The first-order valence-electron chi connectivity index (χ1n) is 10.4. The Morgan fingerprint density at radius 2 is 1.89 bits per heavy atom. The van der Waals surface area contributed by atoms with Gasteiger partial charge < -0.3 is 4.74 Å². The zero-order valence-corrected chi connectivity index (χ0v) is 19.4. The lowest BCUT2D eigenvalue weighted by atomic mass is 10.0. The lowest BCUT2D eigenvalue weighted by Gasteiger charge is -2.11. The highest BCUT2D eigenvalue weighted by atomic mass is 79.9. The van der Waals surface area contributed by atoms with Crippen LogP contribution in [0.15, 0.2) is 22.7 Å². The van der Waals surface area contributed by atoms with Gasteiger partial charge in [0.05, 0.1) is 10.2 Å². The first kappa shape index (κ1) is 22.7. The van der Waals surface area contributed by atoms with E-state index in [4.69, 9.17) is 4.74 Å². The van der Waals surface area contributed by atoms with Crippen molar-refractivity contribution in [3.05, 3.63) is 45.2 Å². The second-order valence-corrected chi connectivity index (χ2v) is 8.61. The molecule has 1 aromatic carbocycles. The maximum atomic E-state index is 12.7. The molecule has 1 aromatic heterocycles. The van der Waals surface area contributed by atoms with Crippen LogP contribution in [0.5, 0.6) is 5.75 Å². The molecule has 154 valence electrons. The number of ether oxygens (including phenoxy) is 1. The Morgan fingerprint density at radius 1 is 1.18 bits per heavy atom. The minimum absolute atomic E-state index is 0.0302. The van der Waals surface area contributed by atoms with Crippen molar-refractivity contribution in [3.8, 4) is 5.75 Å². The fourth-order valence-electron chi connectivity index (χ4n) is 3.38. The third-order valence-corrected chi connectivity index (χ3v) is 5.80. The summed E-state index contributed by atoms with van der Waals surface area (Å²) < 4.78 is 8.14. The van der Waals surface area contributed by atoms with Crippen LogP contribution >= 0.6 is 15.9 Å². The minimum atomic E-state index is -0.141. The zero-order valence-electron chi connectivity index (χ0n) is 17.8. The Labute approximate surface area is 177 Å². The Hall–Kier alpha value is -1.62. The Kier molecular flexibility index (Phi) is 8.74. The fraction of sp³-hybridized carbons (Fsp3) is 0.565. The van der Waals surface area contributed by atoms with Crippen molar-refractivity contribution in [3.63, 3.8) is 0 Å². The van der Waals surface area contributed by atoms with Gasteiger partial charge in [-0.3, -0.25) is 4.79 Å². The molecule has 0 radical (unpaired) electrons. The van der Waals surface area contributed by atoms with Crippen molar-refractivity contribution < 1.29 is 9.53 Å². The number of nitrogens with zero attached hydrogens (tertiary/aromatic N) is 2. The number of aromatic nitrogens is 2. The van der Waals surface area contributed by atoms with Crippen LogP contribution in [0.2, 0.25) is 0 Å². The van der Waals surface area contributed by atoms with Gasteiger partial charge in [-0.15, -0.1) is 0 Å².